The number of hydrogen-bond acceptors (Lipinski definition) is 4. The third kappa shape index (κ3) is 7.16. The molecule has 0 radical (unpaired) electrons. The Labute approximate surface area is 215 Å². The van der Waals surface area contributed by atoms with E-state index in [4.69, 9.17) is 9.47 Å². The molecule has 0 bridgehead atoms. The van der Waals surface area contributed by atoms with Crippen LogP contribution in [0, 0.1) is 0 Å². The fourth-order valence-corrected chi connectivity index (χ4v) is 8.79. The maximum atomic E-state index is 12.3. The maximum absolute atomic E-state index is 12.3. The number of imide groups is 1. The summed E-state index contributed by atoms with van der Waals surface area (Å²) in [4.78, 5) is 25.3. The standard InChI is InChI=1S/C29H37N2O4P/c1-29(2,3)35-28(33)31(4)27(32)30-20-21-34-22-23-36(24-14-8-5-9-15-24,25-16-10-6-11-17-25)26-18-12-7-13-19-26/h5-19,36H,20-23H2,1-4H3,(H,30,32). The van der Waals surface area contributed by atoms with Gasteiger partial charge in [-0.2, -0.15) is 0 Å². The zero-order valence-electron chi connectivity index (χ0n) is 21.6. The molecule has 0 spiro atoms. The first kappa shape index (κ1) is 27.4. The van der Waals surface area contributed by atoms with Gasteiger partial charge in [-0.1, -0.05) is 0 Å². The van der Waals surface area contributed by atoms with Gasteiger partial charge in [0.05, 0.1) is 0 Å². The van der Waals surface area contributed by atoms with Crippen molar-refractivity contribution >= 4 is 35.3 Å². The third-order valence-electron chi connectivity index (χ3n) is 5.92. The molecule has 0 aliphatic rings. The Bertz CT molecular complexity index is 1010. The molecule has 0 fully saturated rings. The van der Waals surface area contributed by atoms with Crippen molar-refractivity contribution in [3.05, 3.63) is 91.0 Å². The van der Waals surface area contributed by atoms with Gasteiger partial charge in [0.1, 0.15) is 0 Å². The van der Waals surface area contributed by atoms with Crippen molar-refractivity contribution in [1.82, 2.24) is 10.2 Å². The van der Waals surface area contributed by atoms with Gasteiger partial charge in [0.25, 0.3) is 0 Å². The Morgan fingerprint density at radius 1 is 0.778 bits per heavy atom. The van der Waals surface area contributed by atoms with Crippen LogP contribution in [0.4, 0.5) is 9.59 Å². The Hall–Kier alpha value is -3.21. The van der Waals surface area contributed by atoms with Crippen molar-refractivity contribution in [2.75, 3.05) is 33.0 Å². The molecular formula is C29H37N2O4P. The van der Waals surface area contributed by atoms with E-state index in [0.717, 1.165) is 11.1 Å². The summed E-state index contributed by atoms with van der Waals surface area (Å²) in [5.74, 6) is 0. The molecule has 0 aliphatic carbocycles. The molecular weight excluding hydrogens is 471 g/mol. The molecule has 3 aromatic carbocycles. The van der Waals surface area contributed by atoms with Gasteiger partial charge in [-0.3, -0.25) is 0 Å². The van der Waals surface area contributed by atoms with Gasteiger partial charge in [0.15, 0.2) is 0 Å². The van der Waals surface area contributed by atoms with Gasteiger partial charge in [-0.15, -0.1) is 0 Å². The van der Waals surface area contributed by atoms with Crippen molar-refractivity contribution in [3.63, 3.8) is 0 Å². The summed E-state index contributed by atoms with van der Waals surface area (Å²) in [6.07, 6.45) is 0.168. The number of benzene rings is 3. The van der Waals surface area contributed by atoms with Crippen LogP contribution in [-0.4, -0.2) is 55.6 Å². The number of amides is 3. The van der Waals surface area contributed by atoms with Gasteiger partial charge >= 0.3 is 215 Å². The Morgan fingerprint density at radius 2 is 1.22 bits per heavy atom. The van der Waals surface area contributed by atoms with E-state index in [1.807, 2.05) is 18.2 Å². The van der Waals surface area contributed by atoms with Crippen LogP contribution >= 0.6 is 7.26 Å². The van der Waals surface area contributed by atoms with Crippen LogP contribution in [0.3, 0.4) is 0 Å². The molecule has 3 amide bonds. The second-order valence-corrected chi connectivity index (χ2v) is 13.7. The van der Waals surface area contributed by atoms with Gasteiger partial charge in [-0.25, -0.2) is 0 Å². The Kier molecular flexibility index (Phi) is 9.63. The zero-order valence-corrected chi connectivity index (χ0v) is 22.6. The average molecular weight is 509 g/mol. The first-order valence-corrected chi connectivity index (χ1v) is 14.4. The number of hydrogen-bond donors (Lipinski definition) is 1. The monoisotopic (exact) mass is 508 g/mol. The van der Waals surface area contributed by atoms with Crippen LogP contribution in [-0.2, 0) is 9.47 Å². The molecule has 0 aromatic heterocycles. The van der Waals surface area contributed by atoms with Crippen LogP contribution in [0.15, 0.2) is 91.0 Å². The predicted octanol–water partition coefficient (Wildman–Crippen LogP) is 4.31. The van der Waals surface area contributed by atoms with Crippen LogP contribution in [0.5, 0.6) is 0 Å². The van der Waals surface area contributed by atoms with E-state index in [-0.39, 0.29) is 0 Å². The molecule has 0 saturated carbocycles. The number of urea groups is 1. The predicted molar refractivity (Wildman–Crippen MR) is 150 cm³/mol. The molecule has 6 nitrogen and oxygen atoms in total. The fourth-order valence-electron chi connectivity index (χ4n) is 4.19. The topological polar surface area (TPSA) is 67.9 Å². The molecule has 0 saturated heterocycles. The number of nitrogens with zero attached hydrogens (tertiary/aromatic N) is 1. The van der Waals surface area contributed by atoms with Crippen molar-refractivity contribution in [2.24, 2.45) is 0 Å². The van der Waals surface area contributed by atoms with Crippen molar-refractivity contribution in [2.45, 2.75) is 26.4 Å². The number of rotatable bonds is 9. The van der Waals surface area contributed by atoms with E-state index in [2.05, 4.69) is 78.1 Å². The summed E-state index contributed by atoms with van der Waals surface area (Å²) in [6, 6.07) is 31.5. The molecule has 0 atom stereocenters. The molecule has 0 heterocycles. The van der Waals surface area contributed by atoms with Crippen LogP contribution < -0.4 is 21.2 Å². The summed E-state index contributed by atoms with van der Waals surface area (Å²) in [5, 5.41) is 6.71. The van der Waals surface area contributed by atoms with Crippen molar-refractivity contribution in [3.8, 4) is 0 Å². The zero-order chi connectivity index (χ0) is 26.0. The quantitative estimate of drug-likeness (QED) is 0.346. The molecule has 36 heavy (non-hydrogen) atoms. The van der Waals surface area contributed by atoms with Gasteiger partial charge in [-0.05, 0) is 0 Å². The second kappa shape index (κ2) is 12.7. The minimum atomic E-state index is -2.34. The number of carbonyl (C=O) groups is 2. The van der Waals surface area contributed by atoms with E-state index in [9.17, 15) is 9.59 Å². The van der Waals surface area contributed by atoms with Crippen molar-refractivity contribution in [1.29, 1.82) is 0 Å². The summed E-state index contributed by atoms with van der Waals surface area (Å²) in [5.41, 5.74) is -0.665. The second-order valence-electron chi connectivity index (χ2n) is 9.64. The van der Waals surface area contributed by atoms with Crippen molar-refractivity contribution < 1.29 is 19.1 Å². The van der Waals surface area contributed by atoms with E-state index in [1.165, 1.54) is 23.0 Å². The molecule has 7 heteroatoms. The molecule has 1 N–H and O–H groups in total. The minimum absolute atomic E-state index is 0.294. The van der Waals surface area contributed by atoms with E-state index < -0.39 is 25.0 Å². The Balaban J connectivity index is 1.66. The first-order valence-electron chi connectivity index (χ1n) is 12.2. The van der Waals surface area contributed by atoms with Crippen LogP contribution in [0.1, 0.15) is 20.8 Å². The summed E-state index contributed by atoms with van der Waals surface area (Å²) >= 11 is 0. The molecule has 192 valence electrons. The normalized spacial score (nSPS) is 12.0. The van der Waals surface area contributed by atoms with E-state index >= 15 is 0 Å². The summed E-state index contributed by atoms with van der Waals surface area (Å²) < 4.78 is 11.2. The molecule has 3 rings (SSSR count). The third-order valence-corrected chi connectivity index (χ3v) is 10.8. The first-order chi connectivity index (χ1) is 17.2. The SMILES string of the molecule is CN(C(=O)NCCOCC[PH](c1ccccc1)(c1ccccc1)c1ccccc1)C(=O)OC(C)(C)C. The average Bonchev–Trinajstić information content (AvgIpc) is 2.88. The van der Waals surface area contributed by atoms with Gasteiger partial charge in [0, 0.05) is 0 Å². The number of nitrogens with one attached hydrogen (secondary N) is 1. The summed E-state index contributed by atoms with van der Waals surface area (Å²) in [7, 11) is -0.951. The number of carbonyl (C=O) groups excluding carboxylic acids is 2. The van der Waals surface area contributed by atoms with Gasteiger partial charge < -0.3 is 0 Å². The van der Waals surface area contributed by atoms with E-state index in [0.29, 0.717) is 19.8 Å². The molecule has 3 aromatic rings. The summed E-state index contributed by atoms with van der Waals surface area (Å²) in [6.45, 7) is 6.46. The fraction of sp³-hybridized carbons (Fsp3) is 0.310. The molecule has 0 unspecified atom stereocenters. The van der Waals surface area contributed by atoms with Gasteiger partial charge in [0.2, 0.25) is 0 Å². The van der Waals surface area contributed by atoms with E-state index in [1.54, 1.807) is 20.8 Å². The van der Waals surface area contributed by atoms with Crippen LogP contribution in [0.2, 0.25) is 0 Å². The van der Waals surface area contributed by atoms with Crippen LogP contribution in [0.25, 0.3) is 0 Å². The molecule has 0 aliphatic heterocycles. The Morgan fingerprint density at radius 3 is 1.64 bits per heavy atom. The number of ether oxygens (including phenoxy) is 2.